The number of piperazine rings is 2. The van der Waals surface area contributed by atoms with Crippen LogP contribution in [0.3, 0.4) is 0 Å². The first-order valence-electron chi connectivity index (χ1n) is 20.5. The molecular weight excluding hydrogens is 700 g/mol. The minimum atomic E-state index is -0.591. The van der Waals surface area contributed by atoms with Crippen molar-refractivity contribution in [3.63, 3.8) is 0 Å². The van der Waals surface area contributed by atoms with Gasteiger partial charge >= 0.3 is 0 Å². The Morgan fingerprint density at radius 2 is 1.44 bits per heavy atom. The normalized spacial score (nSPS) is 19.9. The number of H-pyrrole nitrogens is 1. The number of halogens is 1. The lowest BCUT2D eigenvalue weighted by Crippen LogP contribution is -2.56. The van der Waals surface area contributed by atoms with Crippen LogP contribution in [0.2, 0.25) is 0 Å². The molecule has 1 atom stereocenters. The second-order valence-corrected chi connectivity index (χ2v) is 15.5. The Labute approximate surface area is 324 Å². The zero-order valence-electron chi connectivity index (χ0n) is 32.7. The van der Waals surface area contributed by atoms with E-state index in [9.17, 15) is 23.6 Å². The van der Waals surface area contributed by atoms with E-state index in [4.69, 9.17) is 5.73 Å². The number of likely N-dealkylation sites (tertiary alicyclic amines) is 1. The van der Waals surface area contributed by atoms with Crippen molar-refractivity contribution in [1.29, 1.82) is 0 Å². The highest BCUT2D eigenvalue weighted by molar-refractivity contribution is 5.95. The number of benzene rings is 2. The number of hydrogen-bond acceptors (Lipinski definition) is 8. The molecule has 12 nitrogen and oxygen atoms in total. The number of nitrogens with two attached hydrogens (primary N) is 1. The number of carbonyl (C=O) groups excluding carboxylic acids is 3. The van der Waals surface area contributed by atoms with Crippen molar-refractivity contribution in [3.05, 3.63) is 75.5 Å². The van der Waals surface area contributed by atoms with E-state index < -0.39 is 11.7 Å². The van der Waals surface area contributed by atoms with Crippen molar-refractivity contribution in [3.8, 4) is 0 Å². The molecule has 7 rings (SSSR count). The number of rotatable bonds is 9. The zero-order chi connectivity index (χ0) is 38.9. The minimum absolute atomic E-state index is 0.00638. The molecule has 0 radical (unpaired) electrons. The Kier molecular flexibility index (Phi) is 14.1. The second-order valence-electron chi connectivity index (χ2n) is 15.5. The number of hydrogen-bond donors (Lipinski definition) is 2. The van der Waals surface area contributed by atoms with Crippen molar-refractivity contribution < 1.29 is 18.8 Å². The fourth-order valence-electron chi connectivity index (χ4n) is 8.72. The summed E-state index contributed by atoms with van der Waals surface area (Å²) in [5.74, 6) is 0.127. The maximum atomic E-state index is 15.0. The first-order valence-corrected chi connectivity index (χ1v) is 20.5. The topological polar surface area (TPSA) is 139 Å². The van der Waals surface area contributed by atoms with E-state index in [0.29, 0.717) is 73.0 Å². The van der Waals surface area contributed by atoms with Crippen molar-refractivity contribution >= 4 is 28.5 Å². The SMILES string of the molecule is CC.NC(C(=O)N1CCN(CC2CCN(CC(=O)N3CCN(C(=O)c4cc(Cc5n[nH]c(=O)c6ccccc56)ccc4F)CC3)CC2)CC1)C1CCCCC1. The van der Waals surface area contributed by atoms with E-state index in [1.54, 1.807) is 29.2 Å². The summed E-state index contributed by atoms with van der Waals surface area (Å²) in [4.78, 5) is 62.1. The molecule has 13 heteroatoms. The molecule has 2 aromatic carbocycles. The molecule has 3 aliphatic heterocycles. The molecule has 1 aromatic heterocycles. The number of amides is 3. The molecule has 298 valence electrons. The van der Waals surface area contributed by atoms with Gasteiger partial charge in [-0.3, -0.25) is 29.0 Å². The summed E-state index contributed by atoms with van der Waals surface area (Å²) in [6.07, 6.45) is 8.19. The average Bonchev–Trinajstić information content (AvgIpc) is 3.24. The highest BCUT2D eigenvalue weighted by Gasteiger charge is 2.33. The van der Waals surface area contributed by atoms with Crippen LogP contribution in [0.25, 0.3) is 10.8 Å². The summed E-state index contributed by atoms with van der Waals surface area (Å²) in [7, 11) is 0. The third-order valence-corrected chi connectivity index (χ3v) is 12.0. The molecule has 4 fully saturated rings. The monoisotopic (exact) mass is 758 g/mol. The van der Waals surface area contributed by atoms with E-state index >= 15 is 0 Å². The summed E-state index contributed by atoms with van der Waals surface area (Å²) in [6.45, 7) is 11.9. The molecule has 4 heterocycles. The Hall–Kier alpha value is -4.20. The van der Waals surface area contributed by atoms with Gasteiger partial charge < -0.3 is 20.4 Å². The van der Waals surface area contributed by atoms with Crippen LogP contribution >= 0.6 is 0 Å². The molecule has 1 aliphatic carbocycles. The van der Waals surface area contributed by atoms with Gasteiger partial charge in [-0.2, -0.15) is 5.10 Å². The van der Waals surface area contributed by atoms with Gasteiger partial charge in [-0.1, -0.05) is 57.4 Å². The summed E-state index contributed by atoms with van der Waals surface area (Å²) in [5, 5.41) is 7.99. The largest absolute Gasteiger partial charge is 0.339 e. The van der Waals surface area contributed by atoms with Crippen LogP contribution in [0.4, 0.5) is 4.39 Å². The van der Waals surface area contributed by atoms with Gasteiger partial charge in [0.15, 0.2) is 0 Å². The molecule has 3 N–H and O–H groups in total. The fourth-order valence-corrected chi connectivity index (χ4v) is 8.72. The van der Waals surface area contributed by atoms with E-state index in [1.165, 1.54) is 25.3 Å². The van der Waals surface area contributed by atoms with Gasteiger partial charge in [0.1, 0.15) is 5.82 Å². The van der Waals surface area contributed by atoms with Crippen LogP contribution in [-0.2, 0) is 16.0 Å². The van der Waals surface area contributed by atoms with Gasteiger partial charge in [-0.05, 0) is 74.4 Å². The summed E-state index contributed by atoms with van der Waals surface area (Å²) >= 11 is 0. The van der Waals surface area contributed by atoms with Gasteiger partial charge in [0.2, 0.25) is 11.8 Å². The second kappa shape index (κ2) is 19.1. The standard InChI is InChI=1S/C40H53FN8O4.C2H6/c41-34-11-10-29(25-35-31-8-4-5-9-32(31)38(51)44-43-35)24-33(34)39(52)48-22-20-47(21-23-48)36(50)27-45-14-12-28(13-15-45)26-46-16-18-49(19-17-46)40(53)37(42)30-6-2-1-3-7-30;1-2/h4-5,8-11,24,28,30,37H,1-3,6-7,12-23,25-27,42H2,(H,44,51);1-2H3. The number of fused-ring (bicyclic) bond motifs is 1. The third kappa shape index (κ3) is 9.98. The predicted octanol–water partition coefficient (Wildman–Crippen LogP) is 3.73. The van der Waals surface area contributed by atoms with Crippen LogP contribution < -0.4 is 11.3 Å². The highest BCUT2D eigenvalue weighted by atomic mass is 19.1. The first kappa shape index (κ1) is 40.5. The van der Waals surface area contributed by atoms with E-state index in [2.05, 4.69) is 20.0 Å². The molecule has 4 aliphatic rings. The molecule has 0 bridgehead atoms. The molecule has 55 heavy (non-hydrogen) atoms. The summed E-state index contributed by atoms with van der Waals surface area (Å²) in [5.41, 5.74) is 7.48. The molecule has 3 amide bonds. The minimum Gasteiger partial charge on any atom is -0.339 e. The van der Waals surface area contributed by atoms with Crippen molar-refractivity contribution in [1.82, 2.24) is 34.7 Å². The lowest BCUT2D eigenvalue weighted by Gasteiger charge is -2.40. The van der Waals surface area contributed by atoms with Crippen LogP contribution in [0.5, 0.6) is 0 Å². The predicted molar refractivity (Wildman–Crippen MR) is 212 cm³/mol. The zero-order valence-corrected chi connectivity index (χ0v) is 32.7. The van der Waals surface area contributed by atoms with E-state index in [-0.39, 0.29) is 29.0 Å². The average molecular weight is 759 g/mol. The van der Waals surface area contributed by atoms with Crippen LogP contribution in [0.15, 0.2) is 47.3 Å². The molecule has 1 saturated carbocycles. The Balaban J connectivity index is 0.00000253. The summed E-state index contributed by atoms with van der Waals surface area (Å²) < 4.78 is 15.0. The Morgan fingerprint density at radius 1 is 0.800 bits per heavy atom. The molecule has 3 aromatic rings. The van der Waals surface area contributed by atoms with Crippen molar-refractivity contribution in [2.24, 2.45) is 17.6 Å². The van der Waals surface area contributed by atoms with E-state index in [1.807, 2.05) is 35.8 Å². The first-order chi connectivity index (χ1) is 26.7. The van der Waals surface area contributed by atoms with Gasteiger partial charge in [-0.15, -0.1) is 0 Å². The van der Waals surface area contributed by atoms with E-state index in [0.717, 1.165) is 71.5 Å². The Morgan fingerprint density at radius 3 is 2.13 bits per heavy atom. The molecular formula is C42H59FN8O4. The molecule has 1 unspecified atom stereocenters. The number of carbonyl (C=O) groups is 3. The van der Waals surface area contributed by atoms with Crippen molar-refractivity contribution in [2.75, 3.05) is 78.5 Å². The number of piperidine rings is 1. The van der Waals surface area contributed by atoms with Gasteiger partial charge in [0.05, 0.1) is 29.2 Å². The number of nitrogens with one attached hydrogen (secondary N) is 1. The van der Waals surface area contributed by atoms with Crippen LogP contribution in [0.1, 0.15) is 80.4 Å². The van der Waals surface area contributed by atoms with Crippen LogP contribution in [0, 0.1) is 17.7 Å². The lowest BCUT2D eigenvalue weighted by atomic mass is 9.83. The quantitative estimate of drug-likeness (QED) is 0.337. The third-order valence-electron chi connectivity index (χ3n) is 12.0. The molecule has 3 saturated heterocycles. The maximum Gasteiger partial charge on any atom is 0.272 e. The maximum absolute atomic E-state index is 15.0. The lowest BCUT2D eigenvalue weighted by molar-refractivity contribution is -0.136. The summed E-state index contributed by atoms with van der Waals surface area (Å²) in [6, 6.07) is 11.3. The smallest absolute Gasteiger partial charge is 0.272 e. The van der Waals surface area contributed by atoms with Crippen LogP contribution in [-0.4, -0.2) is 137 Å². The fraction of sp³-hybridized carbons (Fsp3) is 0.595. The number of aromatic nitrogens is 2. The van der Waals surface area contributed by atoms with Gasteiger partial charge in [-0.25, -0.2) is 9.49 Å². The van der Waals surface area contributed by atoms with Gasteiger partial charge in [0, 0.05) is 70.7 Å². The number of nitrogens with zero attached hydrogens (tertiary/aromatic N) is 6. The Bertz CT molecular complexity index is 1820. The van der Waals surface area contributed by atoms with Crippen molar-refractivity contribution in [2.45, 2.75) is 71.3 Å². The number of aromatic amines is 1. The molecule has 0 spiro atoms. The highest BCUT2D eigenvalue weighted by Crippen LogP contribution is 2.27. The van der Waals surface area contributed by atoms with Gasteiger partial charge in [0.25, 0.3) is 11.5 Å².